The van der Waals surface area contributed by atoms with E-state index in [2.05, 4.69) is 27.9 Å². The summed E-state index contributed by atoms with van der Waals surface area (Å²) < 4.78 is 12.5. The number of carbonyl (C=O) groups excluding carboxylic acids is 2. The molecule has 1 saturated heterocycles. The van der Waals surface area contributed by atoms with Gasteiger partial charge in [0.25, 0.3) is 5.91 Å². The van der Waals surface area contributed by atoms with Crippen LogP contribution in [0.15, 0.2) is 66.4 Å². The van der Waals surface area contributed by atoms with Gasteiger partial charge in [-0.2, -0.15) is 0 Å². The number of ether oxygens (including phenoxy) is 2. The van der Waals surface area contributed by atoms with Crippen molar-refractivity contribution < 1.29 is 29.0 Å². The molecule has 0 spiro atoms. The van der Waals surface area contributed by atoms with Crippen LogP contribution in [0.5, 0.6) is 11.5 Å². The van der Waals surface area contributed by atoms with Crippen LogP contribution >= 0.6 is 34.2 Å². The fourth-order valence-electron chi connectivity index (χ4n) is 3.63. The number of aromatic carboxylic acids is 1. The Bertz CT molecular complexity index is 1370. The summed E-state index contributed by atoms with van der Waals surface area (Å²) >= 11 is 8.04. The standard InChI is InChI=1S/C27H22ClIN2O6/c1-2-36-23-13-18(11-21(29)24(23)37-15-17-3-7-19(8-4-17)26(33)34)12-22-25(32)31(27(35)30-22)14-16-5-9-20(28)10-6-16/h3-13H,2,14-15H2,1H3,(H,30,35)(H,33,34)/b22-12-. The van der Waals surface area contributed by atoms with E-state index in [9.17, 15) is 14.4 Å². The molecule has 190 valence electrons. The summed E-state index contributed by atoms with van der Waals surface area (Å²) in [4.78, 5) is 37.6. The molecule has 1 aliphatic rings. The molecule has 4 rings (SSSR count). The van der Waals surface area contributed by atoms with Crippen LogP contribution in [0.25, 0.3) is 6.08 Å². The lowest BCUT2D eigenvalue weighted by Gasteiger charge is -2.15. The molecule has 3 aromatic carbocycles. The van der Waals surface area contributed by atoms with E-state index < -0.39 is 17.9 Å². The van der Waals surface area contributed by atoms with Gasteiger partial charge < -0.3 is 19.9 Å². The number of halogens is 2. The van der Waals surface area contributed by atoms with Crippen LogP contribution in [0.1, 0.15) is 34.0 Å². The van der Waals surface area contributed by atoms with Gasteiger partial charge >= 0.3 is 12.0 Å². The Hall–Kier alpha value is -3.57. The van der Waals surface area contributed by atoms with E-state index in [1.54, 1.807) is 48.5 Å². The minimum absolute atomic E-state index is 0.126. The van der Waals surface area contributed by atoms with E-state index in [1.165, 1.54) is 12.1 Å². The van der Waals surface area contributed by atoms with Crippen LogP contribution < -0.4 is 14.8 Å². The SMILES string of the molecule is CCOc1cc(/C=C2\NC(=O)N(Cc3ccc(Cl)cc3)C2=O)cc(I)c1OCc1ccc(C(=O)O)cc1. The van der Waals surface area contributed by atoms with Gasteiger partial charge in [0, 0.05) is 5.02 Å². The minimum atomic E-state index is -0.990. The maximum Gasteiger partial charge on any atom is 0.335 e. The van der Waals surface area contributed by atoms with Gasteiger partial charge in [-0.25, -0.2) is 9.59 Å². The molecule has 0 unspecified atom stereocenters. The Kier molecular flexibility index (Phi) is 8.34. The molecule has 0 saturated carbocycles. The summed E-state index contributed by atoms with van der Waals surface area (Å²) in [5, 5.41) is 12.3. The number of carbonyl (C=O) groups is 3. The number of benzene rings is 3. The van der Waals surface area contributed by atoms with Gasteiger partial charge in [-0.15, -0.1) is 0 Å². The summed E-state index contributed by atoms with van der Waals surface area (Å²) in [7, 11) is 0. The van der Waals surface area contributed by atoms with E-state index in [1.807, 2.05) is 13.0 Å². The molecular formula is C27H22ClIN2O6. The molecule has 8 nitrogen and oxygen atoms in total. The monoisotopic (exact) mass is 632 g/mol. The third-order valence-corrected chi connectivity index (χ3v) is 6.50. The lowest BCUT2D eigenvalue weighted by Crippen LogP contribution is -2.30. The Morgan fingerprint density at radius 3 is 2.38 bits per heavy atom. The predicted octanol–water partition coefficient (Wildman–Crippen LogP) is 5.71. The average Bonchev–Trinajstić information content (AvgIpc) is 3.12. The van der Waals surface area contributed by atoms with Gasteiger partial charge in [0.15, 0.2) is 11.5 Å². The highest BCUT2D eigenvalue weighted by molar-refractivity contribution is 14.1. The highest BCUT2D eigenvalue weighted by Crippen LogP contribution is 2.36. The number of nitrogens with one attached hydrogen (secondary N) is 1. The topological polar surface area (TPSA) is 105 Å². The summed E-state index contributed by atoms with van der Waals surface area (Å²) in [6.07, 6.45) is 1.60. The van der Waals surface area contributed by atoms with Crippen LogP contribution in [0, 0.1) is 3.57 Å². The zero-order chi connectivity index (χ0) is 26.5. The maximum atomic E-state index is 12.9. The number of imide groups is 1. The number of urea groups is 1. The van der Waals surface area contributed by atoms with Gasteiger partial charge in [-0.1, -0.05) is 35.9 Å². The molecule has 0 aromatic heterocycles. The maximum absolute atomic E-state index is 12.9. The normalized spacial score (nSPS) is 14.1. The van der Waals surface area contributed by atoms with Crippen LogP contribution in [0.2, 0.25) is 5.02 Å². The zero-order valence-corrected chi connectivity index (χ0v) is 22.6. The van der Waals surface area contributed by atoms with Crippen molar-refractivity contribution in [1.29, 1.82) is 0 Å². The van der Waals surface area contributed by atoms with Crippen molar-refractivity contribution in [3.05, 3.63) is 97.2 Å². The fraction of sp³-hybridized carbons (Fsp3) is 0.148. The average molecular weight is 633 g/mol. The fourth-order valence-corrected chi connectivity index (χ4v) is 4.53. The predicted molar refractivity (Wildman–Crippen MR) is 147 cm³/mol. The van der Waals surface area contributed by atoms with Crippen molar-refractivity contribution in [2.24, 2.45) is 0 Å². The molecule has 0 atom stereocenters. The second-order valence-corrected chi connectivity index (χ2v) is 9.66. The van der Waals surface area contributed by atoms with Crippen molar-refractivity contribution in [2.75, 3.05) is 6.61 Å². The van der Waals surface area contributed by atoms with Crippen molar-refractivity contribution in [3.8, 4) is 11.5 Å². The van der Waals surface area contributed by atoms with Gasteiger partial charge in [0.1, 0.15) is 12.3 Å². The second-order valence-electron chi connectivity index (χ2n) is 8.06. The van der Waals surface area contributed by atoms with Crippen molar-refractivity contribution in [3.63, 3.8) is 0 Å². The Labute approximate surface area is 232 Å². The zero-order valence-electron chi connectivity index (χ0n) is 19.7. The smallest absolute Gasteiger partial charge is 0.335 e. The quantitative estimate of drug-likeness (QED) is 0.178. The van der Waals surface area contributed by atoms with Crippen LogP contribution in [0.3, 0.4) is 0 Å². The van der Waals surface area contributed by atoms with E-state index >= 15 is 0 Å². The second kappa shape index (κ2) is 11.7. The third kappa shape index (κ3) is 6.41. The Balaban J connectivity index is 1.52. The summed E-state index contributed by atoms with van der Waals surface area (Å²) in [5.41, 5.74) is 2.59. The molecule has 0 aliphatic carbocycles. The Morgan fingerprint density at radius 1 is 1.05 bits per heavy atom. The molecule has 0 bridgehead atoms. The number of nitrogens with zero attached hydrogens (tertiary/aromatic N) is 1. The van der Waals surface area contributed by atoms with Crippen molar-refractivity contribution in [1.82, 2.24) is 10.2 Å². The summed E-state index contributed by atoms with van der Waals surface area (Å²) in [6.45, 7) is 2.58. The molecular weight excluding hydrogens is 611 g/mol. The number of amides is 3. The van der Waals surface area contributed by atoms with E-state index in [0.717, 1.165) is 19.6 Å². The van der Waals surface area contributed by atoms with E-state index in [0.29, 0.717) is 28.7 Å². The number of carboxylic acids is 1. The highest BCUT2D eigenvalue weighted by atomic mass is 127. The van der Waals surface area contributed by atoms with Gasteiger partial charge in [-0.3, -0.25) is 9.69 Å². The van der Waals surface area contributed by atoms with Crippen LogP contribution in [-0.2, 0) is 17.9 Å². The summed E-state index contributed by atoms with van der Waals surface area (Å²) in [6, 6.07) is 16.4. The first kappa shape index (κ1) is 26.5. The molecule has 3 aromatic rings. The van der Waals surface area contributed by atoms with Gasteiger partial charge in [0.05, 0.1) is 22.3 Å². The molecule has 37 heavy (non-hydrogen) atoms. The first-order valence-electron chi connectivity index (χ1n) is 11.3. The number of hydrogen-bond donors (Lipinski definition) is 2. The molecule has 0 radical (unpaired) electrons. The highest BCUT2D eigenvalue weighted by Gasteiger charge is 2.33. The molecule has 1 aliphatic heterocycles. The lowest BCUT2D eigenvalue weighted by atomic mass is 10.1. The number of carboxylic acid groups (broad SMARTS) is 1. The Morgan fingerprint density at radius 2 is 1.73 bits per heavy atom. The van der Waals surface area contributed by atoms with Crippen molar-refractivity contribution >= 4 is 58.2 Å². The number of rotatable bonds is 9. The van der Waals surface area contributed by atoms with E-state index in [-0.39, 0.29) is 24.4 Å². The largest absolute Gasteiger partial charge is 0.490 e. The van der Waals surface area contributed by atoms with Gasteiger partial charge in [0.2, 0.25) is 0 Å². The minimum Gasteiger partial charge on any atom is -0.490 e. The third-order valence-electron chi connectivity index (χ3n) is 5.44. The molecule has 3 amide bonds. The molecule has 1 heterocycles. The van der Waals surface area contributed by atoms with Crippen LogP contribution in [-0.4, -0.2) is 34.5 Å². The van der Waals surface area contributed by atoms with Crippen LogP contribution in [0.4, 0.5) is 4.79 Å². The molecule has 10 heteroatoms. The molecule has 2 N–H and O–H groups in total. The summed E-state index contributed by atoms with van der Waals surface area (Å²) in [5.74, 6) is -0.412. The first-order chi connectivity index (χ1) is 17.7. The lowest BCUT2D eigenvalue weighted by molar-refractivity contribution is -0.123. The van der Waals surface area contributed by atoms with Gasteiger partial charge in [-0.05, 0) is 88.7 Å². The van der Waals surface area contributed by atoms with Crippen molar-refractivity contribution in [2.45, 2.75) is 20.1 Å². The molecule has 1 fully saturated rings. The first-order valence-corrected chi connectivity index (χ1v) is 12.7. The number of hydrogen-bond acceptors (Lipinski definition) is 5. The van der Waals surface area contributed by atoms with E-state index in [4.69, 9.17) is 26.2 Å².